The second-order valence-electron chi connectivity index (χ2n) is 6.86. The third kappa shape index (κ3) is 4.37. The fraction of sp³-hybridized carbons (Fsp3) is 0.381. The molecule has 1 aliphatic rings. The maximum Gasteiger partial charge on any atom is 0.236 e. The number of thioether (sulfide) groups is 1. The predicted octanol–water partition coefficient (Wildman–Crippen LogP) is 4.88. The summed E-state index contributed by atoms with van der Waals surface area (Å²) < 4.78 is 5.95. The molecule has 0 spiro atoms. The Morgan fingerprint density at radius 2 is 1.88 bits per heavy atom. The number of hydrogen-bond donors (Lipinski definition) is 0. The highest BCUT2D eigenvalue weighted by atomic mass is 32.2. The summed E-state index contributed by atoms with van der Waals surface area (Å²) in [5.41, 5.74) is 2.28. The van der Waals surface area contributed by atoms with E-state index in [1.165, 1.54) is 0 Å². The molecule has 0 saturated carbocycles. The van der Waals surface area contributed by atoms with E-state index in [-0.39, 0.29) is 16.5 Å². The van der Waals surface area contributed by atoms with Crippen molar-refractivity contribution in [2.45, 2.75) is 38.0 Å². The first-order chi connectivity index (χ1) is 12.0. The third-order valence-electron chi connectivity index (χ3n) is 4.20. The van der Waals surface area contributed by atoms with Gasteiger partial charge < -0.3 is 9.64 Å². The van der Waals surface area contributed by atoms with Crippen LogP contribution in [0.4, 0.5) is 0 Å². The van der Waals surface area contributed by atoms with Crippen LogP contribution in [0.25, 0.3) is 0 Å². The largest absolute Gasteiger partial charge is 0.489 e. The lowest BCUT2D eigenvalue weighted by Crippen LogP contribution is -2.33. The Balaban J connectivity index is 1.74. The lowest BCUT2D eigenvalue weighted by atomic mass is 10.1. The fourth-order valence-electron chi connectivity index (χ4n) is 3.01. The zero-order valence-corrected chi connectivity index (χ0v) is 15.8. The van der Waals surface area contributed by atoms with Gasteiger partial charge in [0.15, 0.2) is 0 Å². The van der Waals surface area contributed by atoms with E-state index in [1.54, 1.807) is 11.8 Å². The van der Waals surface area contributed by atoms with Gasteiger partial charge in [-0.2, -0.15) is 0 Å². The van der Waals surface area contributed by atoms with Gasteiger partial charge in [0.05, 0.1) is 5.25 Å². The number of benzene rings is 2. The Hall–Kier alpha value is -1.94. The molecule has 2 unspecified atom stereocenters. The molecule has 1 heterocycles. The number of carbonyl (C=O) groups is 1. The van der Waals surface area contributed by atoms with Crippen molar-refractivity contribution in [2.24, 2.45) is 5.92 Å². The highest BCUT2D eigenvalue weighted by Gasteiger charge is 2.38. The standard InChI is InChI=1S/C21H25NO2S/c1-15(2)13-22-20(23)16(3)25-21(22)18-10-7-11-19(12-18)24-14-17-8-5-4-6-9-17/h4-12,15-16,21H,13-14H2,1-3H3. The smallest absolute Gasteiger partial charge is 0.236 e. The molecule has 25 heavy (non-hydrogen) atoms. The summed E-state index contributed by atoms with van der Waals surface area (Å²) in [4.78, 5) is 14.5. The van der Waals surface area contributed by atoms with Crippen molar-refractivity contribution in [1.29, 1.82) is 0 Å². The molecule has 1 fully saturated rings. The summed E-state index contributed by atoms with van der Waals surface area (Å²) in [6, 6.07) is 18.3. The number of rotatable bonds is 6. The molecule has 1 amide bonds. The van der Waals surface area contributed by atoms with Crippen LogP contribution in [0.2, 0.25) is 0 Å². The van der Waals surface area contributed by atoms with Crippen molar-refractivity contribution >= 4 is 17.7 Å². The second-order valence-corrected chi connectivity index (χ2v) is 8.29. The van der Waals surface area contributed by atoms with Crippen LogP contribution >= 0.6 is 11.8 Å². The van der Waals surface area contributed by atoms with Gasteiger partial charge in [-0.3, -0.25) is 4.79 Å². The molecular weight excluding hydrogens is 330 g/mol. The zero-order valence-electron chi connectivity index (χ0n) is 15.0. The van der Waals surface area contributed by atoms with Crippen LogP contribution in [0.5, 0.6) is 5.75 Å². The quantitative estimate of drug-likeness (QED) is 0.739. The molecule has 132 valence electrons. The molecule has 1 aliphatic heterocycles. The fourth-order valence-corrected chi connectivity index (χ4v) is 4.29. The Labute approximate surface area is 154 Å². The molecule has 0 bridgehead atoms. The Morgan fingerprint density at radius 3 is 2.60 bits per heavy atom. The average Bonchev–Trinajstić information content (AvgIpc) is 2.89. The molecular formula is C21H25NO2S. The highest BCUT2D eigenvalue weighted by molar-refractivity contribution is 8.01. The number of amides is 1. The number of hydrogen-bond acceptors (Lipinski definition) is 3. The van der Waals surface area contributed by atoms with E-state index in [0.29, 0.717) is 12.5 Å². The minimum Gasteiger partial charge on any atom is -0.489 e. The van der Waals surface area contributed by atoms with E-state index in [2.05, 4.69) is 38.1 Å². The van der Waals surface area contributed by atoms with Crippen LogP contribution in [-0.4, -0.2) is 22.6 Å². The number of nitrogens with zero attached hydrogens (tertiary/aromatic N) is 1. The molecule has 2 atom stereocenters. The van der Waals surface area contributed by atoms with Gasteiger partial charge in [-0.05, 0) is 36.1 Å². The maximum absolute atomic E-state index is 12.5. The summed E-state index contributed by atoms with van der Waals surface area (Å²) in [5.74, 6) is 1.53. The van der Waals surface area contributed by atoms with Crippen LogP contribution in [0.1, 0.15) is 37.3 Å². The topological polar surface area (TPSA) is 29.5 Å². The first-order valence-corrected chi connectivity index (χ1v) is 9.71. The molecule has 1 saturated heterocycles. The van der Waals surface area contributed by atoms with Gasteiger partial charge in [0.2, 0.25) is 5.91 Å². The molecule has 2 aromatic carbocycles. The Bertz CT molecular complexity index is 717. The van der Waals surface area contributed by atoms with E-state index in [0.717, 1.165) is 23.4 Å². The maximum atomic E-state index is 12.5. The van der Waals surface area contributed by atoms with E-state index in [4.69, 9.17) is 4.74 Å². The molecule has 0 radical (unpaired) electrons. The molecule has 0 N–H and O–H groups in total. The van der Waals surface area contributed by atoms with E-state index in [1.807, 2.05) is 42.2 Å². The second kappa shape index (κ2) is 7.96. The van der Waals surface area contributed by atoms with Gasteiger partial charge in [0.25, 0.3) is 0 Å². The monoisotopic (exact) mass is 355 g/mol. The third-order valence-corrected chi connectivity index (χ3v) is 5.59. The zero-order chi connectivity index (χ0) is 17.8. The minimum atomic E-state index is 0.0117. The van der Waals surface area contributed by atoms with E-state index in [9.17, 15) is 4.79 Å². The minimum absolute atomic E-state index is 0.0117. The average molecular weight is 356 g/mol. The summed E-state index contributed by atoms with van der Waals surface area (Å²) in [5, 5.41) is 0.0859. The van der Waals surface area contributed by atoms with Crippen molar-refractivity contribution in [3.05, 3.63) is 65.7 Å². The molecule has 3 nitrogen and oxygen atoms in total. The molecule has 4 heteroatoms. The van der Waals surface area contributed by atoms with Crippen molar-refractivity contribution in [3.63, 3.8) is 0 Å². The normalized spacial score (nSPS) is 20.3. The summed E-state index contributed by atoms with van der Waals surface area (Å²) in [7, 11) is 0. The van der Waals surface area contributed by atoms with Gasteiger partial charge >= 0.3 is 0 Å². The van der Waals surface area contributed by atoms with Gasteiger partial charge in [-0.15, -0.1) is 11.8 Å². The van der Waals surface area contributed by atoms with Crippen LogP contribution in [-0.2, 0) is 11.4 Å². The number of carbonyl (C=O) groups excluding carboxylic acids is 1. The first-order valence-electron chi connectivity index (χ1n) is 8.77. The summed E-state index contributed by atoms with van der Waals surface area (Å²) in [6.07, 6.45) is 0. The van der Waals surface area contributed by atoms with Gasteiger partial charge in [0.1, 0.15) is 17.7 Å². The molecule has 0 aliphatic carbocycles. The molecule has 2 aromatic rings. The van der Waals surface area contributed by atoms with Crippen LogP contribution < -0.4 is 4.74 Å². The number of ether oxygens (including phenoxy) is 1. The van der Waals surface area contributed by atoms with Crippen LogP contribution in [0.3, 0.4) is 0 Å². The van der Waals surface area contributed by atoms with Crippen LogP contribution in [0.15, 0.2) is 54.6 Å². The van der Waals surface area contributed by atoms with Crippen molar-refractivity contribution in [2.75, 3.05) is 6.54 Å². The van der Waals surface area contributed by atoms with Crippen molar-refractivity contribution in [1.82, 2.24) is 4.90 Å². The van der Waals surface area contributed by atoms with Gasteiger partial charge in [-0.1, -0.05) is 56.3 Å². The molecule has 0 aromatic heterocycles. The lowest BCUT2D eigenvalue weighted by molar-refractivity contribution is -0.130. The Morgan fingerprint density at radius 1 is 1.12 bits per heavy atom. The van der Waals surface area contributed by atoms with Gasteiger partial charge in [-0.25, -0.2) is 0 Å². The highest BCUT2D eigenvalue weighted by Crippen LogP contribution is 2.43. The first kappa shape index (κ1) is 17.9. The summed E-state index contributed by atoms with van der Waals surface area (Å²) in [6.45, 7) is 7.63. The summed E-state index contributed by atoms with van der Waals surface area (Å²) >= 11 is 1.72. The Kier molecular flexibility index (Phi) is 5.69. The van der Waals surface area contributed by atoms with E-state index >= 15 is 0 Å². The van der Waals surface area contributed by atoms with Gasteiger partial charge in [0, 0.05) is 6.54 Å². The van der Waals surface area contributed by atoms with Crippen LogP contribution in [0, 0.1) is 5.92 Å². The molecule has 3 rings (SSSR count). The predicted molar refractivity (Wildman–Crippen MR) is 104 cm³/mol. The van der Waals surface area contributed by atoms with E-state index < -0.39 is 0 Å². The lowest BCUT2D eigenvalue weighted by Gasteiger charge is -2.26. The SMILES string of the molecule is CC(C)CN1C(=O)C(C)SC1c1cccc(OCc2ccccc2)c1. The van der Waals surface area contributed by atoms with Crippen molar-refractivity contribution < 1.29 is 9.53 Å². The van der Waals surface area contributed by atoms with Crippen molar-refractivity contribution in [3.8, 4) is 5.75 Å².